The molecule has 2 amide bonds. The average molecular weight is 357 g/mol. The largest absolute Gasteiger partial charge is 0.497 e. The van der Waals surface area contributed by atoms with Crippen molar-refractivity contribution in [2.45, 2.75) is 0 Å². The second-order valence-electron chi connectivity index (χ2n) is 4.99. The summed E-state index contributed by atoms with van der Waals surface area (Å²) in [6, 6.07) is 11.9. The number of ether oxygens (including phenoxy) is 3. The van der Waals surface area contributed by atoms with Crippen LogP contribution >= 0.6 is 0 Å². The van der Waals surface area contributed by atoms with E-state index < -0.39 is 11.8 Å². The molecular formula is C18H19N3O5. The summed E-state index contributed by atoms with van der Waals surface area (Å²) in [7, 11) is 4.52. The summed E-state index contributed by atoms with van der Waals surface area (Å²) in [5.41, 5.74) is 3.21. The number of nitrogens with one attached hydrogen (secondary N) is 2. The standard InChI is InChI=1S/C18H19N3O5/c1-24-13-6-4-12(5-7-13)11-19-21-18(23)17(22)20-15-10-14(25-2)8-9-16(15)26-3/h4-11H,1-3H3,(H,20,22)(H,21,23). The predicted octanol–water partition coefficient (Wildman–Crippen LogP) is 1.80. The SMILES string of the molecule is COc1ccc(C=NNC(=O)C(=O)Nc2cc(OC)ccc2OC)cc1. The first-order valence-corrected chi connectivity index (χ1v) is 7.58. The quantitative estimate of drug-likeness (QED) is 0.467. The molecule has 2 rings (SSSR count). The minimum atomic E-state index is -0.917. The number of hydrazone groups is 1. The van der Waals surface area contributed by atoms with Crippen molar-refractivity contribution in [3.8, 4) is 17.2 Å². The highest BCUT2D eigenvalue weighted by Gasteiger charge is 2.16. The van der Waals surface area contributed by atoms with Crippen molar-refractivity contribution in [2.24, 2.45) is 5.10 Å². The molecule has 0 atom stereocenters. The highest BCUT2D eigenvalue weighted by molar-refractivity contribution is 6.39. The van der Waals surface area contributed by atoms with E-state index >= 15 is 0 Å². The molecule has 0 radical (unpaired) electrons. The van der Waals surface area contributed by atoms with E-state index in [0.717, 1.165) is 5.56 Å². The third-order valence-electron chi connectivity index (χ3n) is 3.36. The molecule has 8 heteroatoms. The Morgan fingerprint density at radius 2 is 1.54 bits per heavy atom. The van der Waals surface area contributed by atoms with Crippen LogP contribution in [0.4, 0.5) is 5.69 Å². The molecule has 0 saturated carbocycles. The van der Waals surface area contributed by atoms with Gasteiger partial charge < -0.3 is 19.5 Å². The molecule has 0 heterocycles. The monoisotopic (exact) mass is 357 g/mol. The molecule has 8 nitrogen and oxygen atoms in total. The third-order valence-corrected chi connectivity index (χ3v) is 3.36. The first kappa shape index (κ1) is 18.8. The van der Waals surface area contributed by atoms with E-state index in [1.165, 1.54) is 20.4 Å². The lowest BCUT2D eigenvalue weighted by atomic mass is 10.2. The van der Waals surface area contributed by atoms with E-state index in [2.05, 4.69) is 15.8 Å². The Hall–Kier alpha value is -3.55. The lowest BCUT2D eigenvalue weighted by Crippen LogP contribution is -2.32. The molecule has 2 aromatic rings. The van der Waals surface area contributed by atoms with Crippen LogP contribution in [0.3, 0.4) is 0 Å². The van der Waals surface area contributed by atoms with Crippen molar-refractivity contribution in [1.82, 2.24) is 5.43 Å². The number of amides is 2. The van der Waals surface area contributed by atoms with Gasteiger partial charge in [0.1, 0.15) is 17.2 Å². The van der Waals surface area contributed by atoms with Crippen molar-refractivity contribution < 1.29 is 23.8 Å². The second-order valence-corrected chi connectivity index (χ2v) is 4.99. The average Bonchev–Trinajstić information content (AvgIpc) is 2.68. The molecule has 0 aliphatic heterocycles. The summed E-state index contributed by atoms with van der Waals surface area (Å²) in [4.78, 5) is 23.9. The van der Waals surface area contributed by atoms with Crippen molar-refractivity contribution >= 4 is 23.7 Å². The zero-order valence-corrected chi connectivity index (χ0v) is 14.6. The fourth-order valence-corrected chi connectivity index (χ4v) is 2.00. The van der Waals surface area contributed by atoms with Crippen LogP contribution in [0.1, 0.15) is 5.56 Å². The summed E-state index contributed by atoms with van der Waals surface area (Å²) >= 11 is 0. The van der Waals surface area contributed by atoms with E-state index in [1.54, 1.807) is 49.6 Å². The zero-order chi connectivity index (χ0) is 18.9. The van der Waals surface area contributed by atoms with Crippen LogP contribution in [-0.2, 0) is 9.59 Å². The van der Waals surface area contributed by atoms with Gasteiger partial charge in [0, 0.05) is 6.07 Å². The Kier molecular flexibility index (Phi) is 6.55. The van der Waals surface area contributed by atoms with Gasteiger partial charge >= 0.3 is 11.8 Å². The van der Waals surface area contributed by atoms with Crippen molar-refractivity contribution in [3.05, 3.63) is 48.0 Å². The molecule has 2 N–H and O–H groups in total. The Morgan fingerprint density at radius 1 is 0.885 bits per heavy atom. The molecule has 0 fully saturated rings. The number of carbonyl (C=O) groups excluding carboxylic acids is 2. The molecule has 136 valence electrons. The fourth-order valence-electron chi connectivity index (χ4n) is 2.00. The smallest absolute Gasteiger partial charge is 0.329 e. The van der Waals surface area contributed by atoms with Crippen LogP contribution < -0.4 is 25.0 Å². The number of hydrogen-bond donors (Lipinski definition) is 2. The van der Waals surface area contributed by atoms with E-state index in [-0.39, 0.29) is 0 Å². The molecule has 0 unspecified atom stereocenters. The van der Waals surface area contributed by atoms with Gasteiger partial charge in [-0.25, -0.2) is 5.43 Å². The minimum Gasteiger partial charge on any atom is -0.497 e. The lowest BCUT2D eigenvalue weighted by molar-refractivity contribution is -0.136. The molecule has 26 heavy (non-hydrogen) atoms. The topological polar surface area (TPSA) is 98.2 Å². The first-order chi connectivity index (χ1) is 12.6. The fraction of sp³-hybridized carbons (Fsp3) is 0.167. The number of nitrogens with zero attached hydrogens (tertiary/aromatic N) is 1. The Morgan fingerprint density at radius 3 is 2.15 bits per heavy atom. The van der Waals surface area contributed by atoms with Gasteiger partial charge in [-0.2, -0.15) is 5.10 Å². The Balaban J connectivity index is 1.97. The van der Waals surface area contributed by atoms with Crippen LogP contribution in [-0.4, -0.2) is 39.4 Å². The van der Waals surface area contributed by atoms with Crippen LogP contribution in [0.15, 0.2) is 47.6 Å². The number of hydrogen-bond acceptors (Lipinski definition) is 6. The molecule has 0 aromatic heterocycles. The molecule has 0 aliphatic rings. The van der Waals surface area contributed by atoms with E-state index in [9.17, 15) is 9.59 Å². The van der Waals surface area contributed by atoms with Gasteiger partial charge in [0.2, 0.25) is 0 Å². The van der Waals surface area contributed by atoms with Crippen LogP contribution in [0.5, 0.6) is 17.2 Å². The van der Waals surface area contributed by atoms with Crippen molar-refractivity contribution in [1.29, 1.82) is 0 Å². The minimum absolute atomic E-state index is 0.311. The van der Waals surface area contributed by atoms with Crippen molar-refractivity contribution in [3.63, 3.8) is 0 Å². The van der Waals surface area contributed by atoms with E-state index in [0.29, 0.717) is 22.9 Å². The first-order valence-electron chi connectivity index (χ1n) is 7.58. The van der Waals surface area contributed by atoms with Gasteiger partial charge in [-0.05, 0) is 42.0 Å². The van der Waals surface area contributed by atoms with Gasteiger partial charge in [0.15, 0.2) is 0 Å². The van der Waals surface area contributed by atoms with Gasteiger partial charge in [-0.3, -0.25) is 9.59 Å². The third kappa shape index (κ3) is 4.97. The number of benzene rings is 2. The summed E-state index contributed by atoms with van der Waals surface area (Å²) < 4.78 is 15.3. The highest BCUT2D eigenvalue weighted by atomic mass is 16.5. The molecule has 0 bridgehead atoms. The van der Waals surface area contributed by atoms with Crippen LogP contribution in [0, 0.1) is 0 Å². The maximum absolute atomic E-state index is 12.0. The number of carbonyl (C=O) groups is 2. The van der Waals surface area contributed by atoms with Crippen molar-refractivity contribution in [2.75, 3.05) is 26.6 Å². The zero-order valence-electron chi connectivity index (χ0n) is 14.6. The molecule has 0 aliphatic carbocycles. The second kappa shape index (κ2) is 9.07. The van der Waals surface area contributed by atoms with Gasteiger partial charge in [0.25, 0.3) is 0 Å². The van der Waals surface area contributed by atoms with Crippen LogP contribution in [0.2, 0.25) is 0 Å². The summed E-state index contributed by atoms with van der Waals surface area (Å²) in [6.45, 7) is 0. The van der Waals surface area contributed by atoms with E-state index in [4.69, 9.17) is 14.2 Å². The molecule has 2 aromatic carbocycles. The van der Waals surface area contributed by atoms with E-state index in [1.807, 2.05) is 0 Å². The summed E-state index contributed by atoms with van der Waals surface area (Å²) in [5.74, 6) is -0.186. The maximum Gasteiger partial charge on any atom is 0.329 e. The van der Waals surface area contributed by atoms with Gasteiger partial charge in [0.05, 0.1) is 33.2 Å². The molecule has 0 saturated heterocycles. The molecule has 0 spiro atoms. The summed E-state index contributed by atoms with van der Waals surface area (Å²) in [5, 5.41) is 6.21. The van der Waals surface area contributed by atoms with Crippen LogP contribution in [0.25, 0.3) is 0 Å². The van der Waals surface area contributed by atoms with Gasteiger partial charge in [-0.1, -0.05) is 0 Å². The Bertz CT molecular complexity index is 803. The molecular weight excluding hydrogens is 338 g/mol. The number of anilines is 1. The predicted molar refractivity (Wildman–Crippen MR) is 96.9 cm³/mol. The normalized spacial score (nSPS) is 10.3. The van der Waals surface area contributed by atoms with Gasteiger partial charge in [-0.15, -0.1) is 0 Å². The number of methoxy groups -OCH3 is 3. The lowest BCUT2D eigenvalue weighted by Gasteiger charge is -2.11. The number of rotatable bonds is 6. The Labute approximate surface area is 150 Å². The highest BCUT2D eigenvalue weighted by Crippen LogP contribution is 2.28. The summed E-state index contributed by atoms with van der Waals surface area (Å²) in [6.07, 6.45) is 1.41. The maximum atomic E-state index is 12.0.